The third-order valence-electron chi connectivity index (χ3n) is 2.23. The van der Waals surface area contributed by atoms with Gasteiger partial charge in [-0.25, -0.2) is 0 Å². The molecule has 1 aromatic carbocycles. The van der Waals surface area contributed by atoms with E-state index in [1.807, 2.05) is 0 Å². The third kappa shape index (κ3) is 2.20. The van der Waals surface area contributed by atoms with Crippen LogP contribution in [0.1, 0.15) is 10.4 Å². The first-order valence-corrected chi connectivity index (χ1v) is 4.80. The molecular formula is C11H11N3O2. The third-order valence-corrected chi connectivity index (χ3v) is 2.23. The zero-order chi connectivity index (χ0) is 11.5. The highest BCUT2D eigenvalue weighted by molar-refractivity contribution is 5.93. The van der Waals surface area contributed by atoms with Gasteiger partial charge in [-0.1, -0.05) is 0 Å². The summed E-state index contributed by atoms with van der Waals surface area (Å²) in [6.07, 6.45) is 1.50. The molecule has 5 nitrogen and oxygen atoms in total. The average Bonchev–Trinajstić information content (AvgIpc) is 2.65. The van der Waals surface area contributed by atoms with Crippen LogP contribution < -0.4 is 16.4 Å². The minimum absolute atomic E-state index is 0.101. The summed E-state index contributed by atoms with van der Waals surface area (Å²) < 4.78 is 0. The number of carbonyl (C=O) groups excluding carboxylic acids is 2. The van der Waals surface area contributed by atoms with Crippen molar-refractivity contribution in [3.05, 3.63) is 41.6 Å². The lowest BCUT2D eigenvalue weighted by Gasteiger charge is -2.06. The Labute approximate surface area is 92.3 Å². The lowest BCUT2D eigenvalue weighted by Crippen LogP contribution is -2.16. The number of hydrogen-bond donors (Lipinski definition) is 3. The van der Waals surface area contributed by atoms with Gasteiger partial charge < -0.3 is 16.4 Å². The number of hydrogen-bond acceptors (Lipinski definition) is 3. The minimum Gasteiger partial charge on any atom is -0.366 e. The van der Waals surface area contributed by atoms with Gasteiger partial charge in [-0.3, -0.25) is 9.59 Å². The highest BCUT2D eigenvalue weighted by Crippen LogP contribution is 2.12. The van der Waals surface area contributed by atoms with E-state index in [2.05, 4.69) is 10.6 Å². The van der Waals surface area contributed by atoms with Crippen LogP contribution in [-0.2, 0) is 4.79 Å². The van der Waals surface area contributed by atoms with Gasteiger partial charge in [0.2, 0.25) is 11.8 Å². The van der Waals surface area contributed by atoms with Gasteiger partial charge in [-0.05, 0) is 24.3 Å². The van der Waals surface area contributed by atoms with E-state index in [0.29, 0.717) is 12.1 Å². The quantitative estimate of drug-likeness (QED) is 0.676. The Kier molecular flexibility index (Phi) is 2.59. The van der Waals surface area contributed by atoms with Crippen molar-refractivity contribution in [1.29, 1.82) is 0 Å². The van der Waals surface area contributed by atoms with Crippen molar-refractivity contribution < 1.29 is 9.59 Å². The zero-order valence-corrected chi connectivity index (χ0v) is 8.49. The second-order valence-electron chi connectivity index (χ2n) is 3.45. The fourth-order valence-corrected chi connectivity index (χ4v) is 1.43. The van der Waals surface area contributed by atoms with Crippen LogP contribution in [0.2, 0.25) is 0 Å². The predicted octanol–water partition coefficient (Wildman–Crippen LogP) is 0.211. The van der Waals surface area contributed by atoms with Crippen molar-refractivity contribution in [2.45, 2.75) is 0 Å². The molecule has 0 atom stereocenters. The lowest BCUT2D eigenvalue weighted by atomic mass is 10.2. The Morgan fingerprint density at radius 3 is 2.50 bits per heavy atom. The molecule has 0 unspecified atom stereocenters. The molecule has 5 heteroatoms. The van der Waals surface area contributed by atoms with E-state index in [1.54, 1.807) is 24.3 Å². The Balaban J connectivity index is 2.08. The van der Waals surface area contributed by atoms with Crippen LogP contribution in [0.15, 0.2) is 36.0 Å². The molecule has 0 spiro atoms. The molecule has 2 amide bonds. The summed E-state index contributed by atoms with van der Waals surface area (Å²) >= 11 is 0. The molecule has 0 saturated heterocycles. The monoisotopic (exact) mass is 217 g/mol. The summed E-state index contributed by atoms with van der Waals surface area (Å²) in [5.41, 5.74) is 7.19. The normalized spacial score (nSPS) is 14.2. The summed E-state index contributed by atoms with van der Waals surface area (Å²) in [5.74, 6) is -0.556. The standard InChI is InChI=1S/C11H11N3O2/c12-11(16)7-1-3-8(4-2-7)14-9-5-10(15)13-6-9/h1-5,14H,6H2,(H2,12,16)(H,13,15). The smallest absolute Gasteiger partial charge is 0.248 e. The van der Waals surface area contributed by atoms with Crippen LogP contribution in [-0.4, -0.2) is 18.4 Å². The van der Waals surface area contributed by atoms with E-state index in [4.69, 9.17) is 5.73 Å². The van der Waals surface area contributed by atoms with Gasteiger partial charge >= 0.3 is 0 Å². The Hall–Kier alpha value is -2.30. The molecule has 82 valence electrons. The maximum Gasteiger partial charge on any atom is 0.248 e. The fourth-order valence-electron chi connectivity index (χ4n) is 1.43. The van der Waals surface area contributed by atoms with Crippen LogP contribution in [0.3, 0.4) is 0 Å². The number of rotatable bonds is 3. The predicted molar refractivity (Wildman–Crippen MR) is 59.7 cm³/mol. The molecular weight excluding hydrogens is 206 g/mol. The lowest BCUT2D eigenvalue weighted by molar-refractivity contribution is -0.115. The summed E-state index contributed by atoms with van der Waals surface area (Å²) in [5, 5.41) is 5.71. The van der Waals surface area contributed by atoms with E-state index < -0.39 is 5.91 Å². The number of benzene rings is 1. The molecule has 0 radical (unpaired) electrons. The van der Waals surface area contributed by atoms with Gasteiger partial charge in [0, 0.05) is 23.0 Å². The van der Waals surface area contributed by atoms with E-state index in [9.17, 15) is 9.59 Å². The highest BCUT2D eigenvalue weighted by atomic mass is 16.2. The molecule has 1 aromatic rings. The SMILES string of the molecule is NC(=O)c1ccc(NC2=CC(=O)NC2)cc1. The van der Waals surface area contributed by atoms with E-state index in [1.165, 1.54) is 6.08 Å². The fraction of sp³-hybridized carbons (Fsp3) is 0.0909. The van der Waals surface area contributed by atoms with Crippen molar-refractivity contribution in [2.24, 2.45) is 5.73 Å². The molecule has 0 bridgehead atoms. The van der Waals surface area contributed by atoms with Crippen molar-refractivity contribution in [2.75, 3.05) is 11.9 Å². The van der Waals surface area contributed by atoms with Gasteiger partial charge in [0.05, 0.1) is 6.54 Å². The van der Waals surface area contributed by atoms with Gasteiger partial charge in [0.15, 0.2) is 0 Å². The van der Waals surface area contributed by atoms with Crippen LogP contribution in [0.25, 0.3) is 0 Å². The second-order valence-corrected chi connectivity index (χ2v) is 3.45. The largest absolute Gasteiger partial charge is 0.366 e. The molecule has 1 heterocycles. The van der Waals surface area contributed by atoms with Crippen LogP contribution in [0.4, 0.5) is 5.69 Å². The average molecular weight is 217 g/mol. The number of carbonyl (C=O) groups is 2. The van der Waals surface area contributed by atoms with Crippen molar-refractivity contribution >= 4 is 17.5 Å². The molecule has 0 saturated carbocycles. The maximum atomic E-state index is 10.9. The molecule has 0 aromatic heterocycles. The number of primary amides is 1. The van der Waals surface area contributed by atoms with Crippen molar-refractivity contribution in [3.63, 3.8) is 0 Å². The maximum absolute atomic E-state index is 10.9. The van der Waals surface area contributed by atoms with Crippen LogP contribution >= 0.6 is 0 Å². The Morgan fingerprint density at radius 1 is 1.31 bits per heavy atom. The van der Waals surface area contributed by atoms with E-state index in [0.717, 1.165) is 11.4 Å². The molecule has 16 heavy (non-hydrogen) atoms. The molecule has 1 aliphatic heterocycles. The number of nitrogens with two attached hydrogens (primary N) is 1. The Morgan fingerprint density at radius 2 is 2.00 bits per heavy atom. The summed E-state index contributed by atoms with van der Waals surface area (Å²) in [7, 11) is 0. The Bertz CT molecular complexity index is 463. The van der Waals surface area contributed by atoms with E-state index >= 15 is 0 Å². The first-order chi connectivity index (χ1) is 7.65. The number of amides is 2. The van der Waals surface area contributed by atoms with Gasteiger partial charge in [0.25, 0.3) is 0 Å². The highest BCUT2D eigenvalue weighted by Gasteiger charge is 2.10. The second kappa shape index (κ2) is 4.06. The van der Waals surface area contributed by atoms with Crippen LogP contribution in [0.5, 0.6) is 0 Å². The number of nitrogens with one attached hydrogen (secondary N) is 2. The summed E-state index contributed by atoms with van der Waals surface area (Å²) in [6, 6.07) is 6.75. The molecule has 4 N–H and O–H groups in total. The van der Waals surface area contributed by atoms with Crippen molar-refractivity contribution in [1.82, 2.24) is 5.32 Å². The molecule has 0 aliphatic carbocycles. The van der Waals surface area contributed by atoms with Gasteiger partial charge in [-0.2, -0.15) is 0 Å². The van der Waals surface area contributed by atoms with Gasteiger partial charge in [0.1, 0.15) is 0 Å². The molecule has 2 rings (SSSR count). The molecule has 0 fully saturated rings. The summed E-state index contributed by atoms with van der Waals surface area (Å²) in [4.78, 5) is 21.7. The topological polar surface area (TPSA) is 84.2 Å². The van der Waals surface area contributed by atoms with Gasteiger partial charge in [-0.15, -0.1) is 0 Å². The number of anilines is 1. The summed E-state index contributed by atoms with van der Waals surface area (Å²) in [6.45, 7) is 0.496. The first-order valence-electron chi connectivity index (χ1n) is 4.80. The first kappa shape index (κ1) is 10.2. The minimum atomic E-state index is -0.455. The van der Waals surface area contributed by atoms with E-state index in [-0.39, 0.29) is 5.91 Å². The van der Waals surface area contributed by atoms with Crippen LogP contribution in [0, 0.1) is 0 Å². The zero-order valence-electron chi connectivity index (χ0n) is 8.49. The van der Waals surface area contributed by atoms with Crippen molar-refractivity contribution in [3.8, 4) is 0 Å². The molecule has 1 aliphatic rings.